The standard InChI is InChI=1S/C20H24N6O3/c1-20(2)28-15-13(8-21)27-19(16(15)29-20)26-11-25-14-17(23-10-24-18(14)26)22-9-12-6-4-3-5-7-12/h3-7,10-11,13,15-16,19H,8-9,21H2,1-2H3,(H,22,23,24). The van der Waals surface area contributed by atoms with E-state index in [1.54, 1.807) is 6.33 Å². The van der Waals surface area contributed by atoms with Gasteiger partial charge in [-0.15, -0.1) is 0 Å². The van der Waals surface area contributed by atoms with E-state index in [2.05, 4.69) is 32.4 Å². The highest BCUT2D eigenvalue weighted by Crippen LogP contribution is 2.43. The predicted molar refractivity (Wildman–Crippen MR) is 106 cm³/mol. The number of hydrogen-bond acceptors (Lipinski definition) is 8. The molecule has 2 aliphatic heterocycles. The normalized spacial score (nSPS) is 28.0. The van der Waals surface area contributed by atoms with Crippen LogP contribution >= 0.6 is 0 Å². The molecule has 29 heavy (non-hydrogen) atoms. The van der Waals surface area contributed by atoms with Crippen LogP contribution in [0.5, 0.6) is 0 Å². The van der Waals surface area contributed by atoms with Gasteiger partial charge in [-0.1, -0.05) is 30.3 Å². The average molecular weight is 396 g/mol. The molecule has 1 aromatic carbocycles. The molecule has 4 atom stereocenters. The zero-order chi connectivity index (χ0) is 20.0. The van der Waals surface area contributed by atoms with Crippen molar-refractivity contribution in [3.05, 3.63) is 48.5 Å². The largest absolute Gasteiger partial charge is 0.364 e. The summed E-state index contributed by atoms with van der Waals surface area (Å²) in [5.74, 6) is -0.00936. The van der Waals surface area contributed by atoms with Gasteiger partial charge in [0, 0.05) is 13.1 Å². The van der Waals surface area contributed by atoms with Crippen LogP contribution in [0.3, 0.4) is 0 Å². The van der Waals surface area contributed by atoms with E-state index < -0.39 is 12.0 Å². The number of anilines is 1. The average Bonchev–Trinajstić information content (AvgIpc) is 3.37. The van der Waals surface area contributed by atoms with Crippen molar-refractivity contribution in [3.8, 4) is 0 Å². The molecule has 2 aromatic heterocycles. The Morgan fingerprint density at radius 3 is 2.69 bits per heavy atom. The number of nitrogens with one attached hydrogen (secondary N) is 1. The van der Waals surface area contributed by atoms with E-state index in [9.17, 15) is 0 Å². The van der Waals surface area contributed by atoms with Crippen molar-refractivity contribution >= 4 is 17.0 Å². The topological polar surface area (TPSA) is 109 Å². The molecule has 3 N–H and O–H groups in total. The number of aromatic nitrogens is 4. The third-order valence-corrected chi connectivity index (χ3v) is 5.29. The van der Waals surface area contributed by atoms with Gasteiger partial charge in [-0.3, -0.25) is 4.57 Å². The first-order valence-electron chi connectivity index (χ1n) is 9.72. The molecular formula is C20H24N6O3. The maximum absolute atomic E-state index is 6.16. The first kappa shape index (κ1) is 18.4. The fourth-order valence-corrected chi connectivity index (χ4v) is 4.02. The molecule has 4 heterocycles. The Morgan fingerprint density at radius 1 is 1.10 bits per heavy atom. The van der Waals surface area contributed by atoms with E-state index in [0.717, 1.165) is 5.56 Å². The van der Waals surface area contributed by atoms with Crippen LogP contribution in [0, 0.1) is 0 Å². The Labute approximate surface area is 168 Å². The molecule has 0 saturated carbocycles. The molecule has 9 heteroatoms. The molecular weight excluding hydrogens is 372 g/mol. The number of nitrogens with two attached hydrogens (primary N) is 1. The molecule has 0 aliphatic carbocycles. The Balaban J connectivity index is 1.44. The van der Waals surface area contributed by atoms with Crippen LogP contribution in [-0.4, -0.2) is 50.2 Å². The summed E-state index contributed by atoms with van der Waals surface area (Å²) in [5, 5.41) is 3.34. The number of rotatable bonds is 5. The minimum atomic E-state index is -0.682. The molecule has 0 bridgehead atoms. The molecule has 9 nitrogen and oxygen atoms in total. The number of benzene rings is 1. The lowest BCUT2D eigenvalue weighted by Gasteiger charge is -2.24. The first-order valence-corrected chi connectivity index (χ1v) is 9.72. The van der Waals surface area contributed by atoms with E-state index in [1.807, 2.05) is 36.6 Å². The van der Waals surface area contributed by atoms with Gasteiger partial charge in [0.05, 0.1) is 6.33 Å². The van der Waals surface area contributed by atoms with Crippen molar-refractivity contribution in [2.24, 2.45) is 5.73 Å². The fourth-order valence-electron chi connectivity index (χ4n) is 4.02. The summed E-state index contributed by atoms with van der Waals surface area (Å²) in [4.78, 5) is 13.4. The van der Waals surface area contributed by atoms with Crippen LogP contribution in [0.2, 0.25) is 0 Å². The summed E-state index contributed by atoms with van der Waals surface area (Å²) >= 11 is 0. The number of fused-ring (bicyclic) bond motifs is 2. The molecule has 5 rings (SSSR count). The Hall–Kier alpha value is -2.59. The van der Waals surface area contributed by atoms with E-state index in [4.69, 9.17) is 19.9 Å². The lowest BCUT2D eigenvalue weighted by molar-refractivity contribution is -0.195. The second-order valence-electron chi connectivity index (χ2n) is 7.75. The van der Waals surface area contributed by atoms with Crippen molar-refractivity contribution in [3.63, 3.8) is 0 Å². The summed E-state index contributed by atoms with van der Waals surface area (Å²) in [6.07, 6.45) is 2.06. The zero-order valence-electron chi connectivity index (χ0n) is 16.4. The summed E-state index contributed by atoms with van der Waals surface area (Å²) in [6, 6.07) is 10.1. The SMILES string of the molecule is CC1(C)OC2C(CN)OC(n3cnc4c(NCc5ccccc5)ncnc43)C2O1. The minimum absolute atomic E-state index is 0.227. The van der Waals surface area contributed by atoms with Gasteiger partial charge < -0.3 is 25.3 Å². The van der Waals surface area contributed by atoms with E-state index in [0.29, 0.717) is 30.1 Å². The summed E-state index contributed by atoms with van der Waals surface area (Å²) in [7, 11) is 0. The van der Waals surface area contributed by atoms with Gasteiger partial charge in [-0.05, 0) is 19.4 Å². The molecule has 2 saturated heterocycles. The van der Waals surface area contributed by atoms with Crippen LogP contribution in [0.15, 0.2) is 43.0 Å². The number of ether oxygens (including phenoxy) is 3. The molecule has 4 unspecified atom stereocenters. The monoisotopic (exact) mass is 396 g/mol. The Bertz CT molecular complexity index is 1010. The molecule has 0 amide bonds. The maximum Gasteiger partial charge on any atom is 0.167 e. The van der Waals surface area contributed by atoms with Gasteiger partial charge in [0.15, 0.2) is 29.0 Å². The van der Waals surface area contributed by atoms with Crippen molar-refractivity contribution in [2.45, 2.75) is 50.7 Å². The quantitative estimate of drug-likeness (QED) is 0.672. The van der Waals surface area contributed by atoms with Crippen molar-refractivity contribution in [2.75, 3.05) is 11.9 Å². The molecule has 2 aliphatic rings. The highest BCUT2D eigenvalue weighted by molar-refractivity contribution is 5.82. The van der Waals surface area contributed by atoms with Gasteiger partial charge in [-0.25, -0.2) is 15.0 Å². The van der Waals surface area contributed by atoms with Crippen LogP contribution in [-0.2, 0) is 20.8 Å². The highest BCUT2D eigenvalue weighted by atomic mass is 16.8. The second kappa shape index (κ2) is 7.03. The fraction of sp³-hybridized carbons (Fsp3) is 0.450. The first-order chi connectivity index (χ1) is 14.1. The van der Waals surface area contributed by atoms with E-state index in [1.165, 1.54) is 6.33 Å². The Kier molecular flexibility index (Phi) is 4.47. The molecule has 0 spiro atoms. The van der Waals surface area contributed by atoms with Crippen LogP contribution in [0.25, 0.3) is 11.2 Å². The van der Waals surface area contributed by atoms with Crippen LogP contribution in [0.4, 0.5) is 5.82 Å². The van der Waals surface area contributed by atoms with Crippen LogP contribution < -0.4 is 11.1 Å². The van der Waals surface area contributed by atoms with E-state index in [-0.39, 0.29) is 18.3 Å². The summed E-state index contributed by atoms with van der Waals surface area (Å²) in [6.45, 7) is 4.79. The van der Waals surface area contributed by atoms with E-state index >= 15 is 0 Å². The van der Waals surface area contributed by atoms with Gasteiger partial charge in [0.1, 0.15) is 24.6 Å². The highest BCUT2D eigenvalue weighted by Gasteiger charge is 2.55. The number of nitrogens with zero attached hydrogens (tertiary/aromatic N) is 4. The lowest BCUT2D eigenvalue weighted by Crippen LogP contribution is -2.34. The molecule has 3 aromatic rings. The van der Waals surface area contributed by atoms with Gasteiger partial charge >= 0.3 is 0 Å². The molecule has 152 valence electrons. The maximum atomic E-state index is 6.16. The van der Waals surface area contributed by atoms with Gasteiger partial charge in [-0.2, -0.15) is 0 Å². The molecule has 0 radical (unpaired) electrons. The minimum Gasteiger partial charge on any atom is -0.364 e. The number of hydrogen-bond donors (Lipinski definition) is 2. The summed E-state index contributed by atoms with van der Waals surface area (Å²) < 4.78 is 20.2. The Morgan fingerprint density at radius 2 is 1.90 bits per heavy atom. The van der Waals surface area contributed by atoms with Crippen LogP contribution in [0.1, 0.15) is 25.6 Å². The third kappa shape index (κ3) is 3.25. The van der Waals surface area contributed by atoms with Crippen molar-refractivity contribution < 1.29 is 14.2 Å². The smallest absolute Gasteiger partial charge is 0.167 e. The van der Waals surface area contributed by atoms with Crippen molar-refractivity contribution in [1.29, 1.82) is 0 Å². The van der Waals surface area contributed by atoms with Crippen molar-refractivity contribution in [1.82, 2.24) is 19.5 Å². The number of imidazole rings is 1. The lowest BCUT2D eigenvalue weighted by atomic mass is 10.1. The summed E-state index contributed by atoms with van der Waals surface area (Å²) in [5.41, 5.74) is 8.41. The zero-order valence-corrected chi connectivity index (χ0v) is 16.4. The predicted octanol–water partition coefficient (Wildman–Crippen LogP) is 1.81. The second-order valence-corrected chi connectivity index (χ2v) is 7.75. The van der Waals surface area contributed by atoms with Gasteiger partial charge in [0.25, 0.3) is 0 Å². The molecule has 2 fully saturated rings. The van der Waals surface area contributed by atoms with Gasteiger partial charge in [0.2, 0.25) is 0 Å². The third-order valence-electron chi connectivity index (χ3n) is 5.29.